The van der Waals surface area contributed by atoms with Crippen molar-refractivity contribution in [2.24, 2.45) is 17.8 Å². The molecule has 0 aliphatic heterocycles. The molecule has 4 aliphatic carbocycles. The van der Waals surface area contributed by atoms with Crippen LogP contribution in [-0.4, -0.2) is 41.0 Å². The number of urea groups is 1. The summed E-state index contributed by atoms with van der Waals surface area (Å²) in [6.45, 7) is -0.216. The van der Waals surface area contributed by atoms with E-state index in [0.29, 0.717) is 0 Å². The van der Waals surface area contributed by atoms with Gasteiger partial charge in [0.1, 0.15) is 0 Å². The van der Waals surface area contributed by atoms with E-state index in [2.05, 4.69) is 10.6 Å². The number of carbonyl (C=O) groups is 1. The maximum Gasteiger partial charge on any atom is 0.315 e. The van der Waals surface area contributed by atoms with Crippen LogP contribution in [0, 0.1) is 17.8 Å². The highest BCUT2D eigenvalue weighted by Gasteiger charge is 2.51. The number of amides is 2. The van der Waals surface area contributed by atoms with Crippen LogP contribution in [-0.2, 0) is 0 Å². The van der Waals surface area contributed by atoms with Crippen LogP contribution < -0.4 is 10.6 Å². The van der Waals surface area contributed by atoms with Crippen LogP contribution in [0.1, 0.15) is 38.5 Å². The second-order valence-electron chi connectivity index (χ2n) is 6.87. The number of nitrogens with one attached hydrogen (secondary N) is 2. The zero-order valence-electron chi connectivity index (χ0n) is 11.3. The Labute approximate surface area is 113 Å². The molecule has 0 spiro atoms. The zero-order valence-corrected chi connectivity index (χ0v) is 11.3. The summed E-state index contributed by atoms with van der Waals surface area (Å²) in [7, 11) is 0. The van der Waals surface area contributed by atoms with E-state index in [0.717, 1.165) is 37.0 Å². The molecule has 0 saturated heterocycles. The molecule has 0 aromatic rings. The average molecular weight is 268 g/mol. The molecule has 4 N–H and O–H groups in total. The minimum Gasteiger partial charge on any atom is -0.394 e. The van der Waals surface area contributed by atoms with Crippen molar-refractivity contribution in [3.63, 3.8) is 0 Å². The molecule has 4 bridgehead atoms. The van der Waals surface area contributed by atoms with Gasteiger partial charge in [0, 0.05) is 12.1 Å². The van der Waals surface area contributed by atoms with Crippen LogP contribution in [0.4, 0.5) is 4.79 Å². The Morgan fingerprint density at radius 3 is 2.16 bits per heavy atom. The molecule has 5 nitrogen and oxygen atoms in total. The molecule has 4 fully saturated rings. The summed E-state index contributed by atoms with van der Waals surface area (Å²) in [5, 5.41) is 23.8. The maximum absolute atomic E-state index is 11.9. The highest BCUT2D eigenvalue weighted by molar-refractivity contribution is 5.74. The van der Waals surface area contributed by atoms with Crippen LogP contribution in [0.15, 0.2) is 0 Å². The Morgan fingerprint density at radius 1 is 1.16 bits per heavy atom. The van der Waals surface area contributed by atoms with E-state index in [1.165, 1.54) is 19.3 Å². The van der Waals surface area contributed by atoms with Crippen molar-refractivity contribution in [3.8, 4) is 0 Å². The van der Waals surface area contributed by atoms with Gasteiger partial charge in [0.25, 0.3) is 0 Å². The van der Waals surface area contributed by atoms with Crippen molar-refractivity contribution >= 4 is 6.03 Å². The van der Waals surface area contributed by atoms with Gasteiger partial charge in [-0.3, -0.25) is 0 Å². The van der Waals surface area contributed by atoms with Gasteiger partial charge in [-0.1, -0.05) is 0 Å². The number of hydrogen-bond acceptors (Lipinski definition) is 3. The Hall–Kier alpha value is -0.810. The van der Waals surface area contributed by atoms with E-state index < -0.39 is 6.10 Å². The lowest BCUT2D eigenvalue weighted by Crippen LogP contribution is -2.61. The maximum atomic E-state index is 11.9. The van der Waals surface area contributed by atoms with Crippen LogP contribution in [0.5, 0.6) is 0 Å². The van der Waals surface area contributed by atoms with Crippen molar-refractivity contribution in [1.82, 2.24) is 10.6 Å². The molecule has 4 aliphatic rings. The molecule has 0 heterocycles. The van der Waals surface area contributed by atoms with Crippen LogP contribution in [0.3, 0.4) is 0 Å². The standard InChI is InChI=1S/C14H24N2O3/c17-8-12(18)7-15-13(19)16-14-4-9-1-10(5-14)3-11(2-9)6-14/h9-12,17-18H,1-8H2,(H2,15,16,19). The number of hydrogen-bond donors (Lipinski definition) is 4. The summed E-state index contributed by atoms with van der Waals surface area (Å²) in [6, 6.07) is -0.200. The number of aliphatic hydroxyl groups is 2. The Kier molecular flexibility index (Phi) is 3.43. The first-order valence-corrected chi connectivity index (χ1v) is 7.43. The van der Waals surface area contributed by atoms with Gasteiger partial charge in [-0.2, -0.15) is 0 Å². The highest BCUT2D eigenvalue weighted by Crippen LogP contribution is 2.55. The fourth-order valence-electron chi connectivity index (χ4n) is 4.82. The van der Waals surface area contributed by atoms with Crippen molar-refractivity contribution in [3.05, 3.63) is 0 Å². The first-order valence-electron chi connectivity index (χ1n) is 7.43. The number of aliphatic hydroxyl groups excluding tert-OH is 2. The lowest BCUT2D eigenvalue weighted by atomic mass is 9.53. The molecule has 5 heteroatoms. The molecule has 4 rings (SSSR count). The first-order chi connectivity index (χ1) is 9.08. The smallest absolute Gasteiger partial charge is 0.315 e. The highest BCUT2D eigenvalue weighted by atomic mass is 16.3. The second kappa shape index (κ2) is 4.94. The van der Waals surface area contributed by atoms with Crippen molar-refractivity contribution in [1.29, 1.82) is 0 Å². The predicted octanol–water partition coefficient (Wildman–Crippen LogP) is 0.608. The van der Waals surface area contributed by atoms with E-state index in [4.69, 9.17) is 5.11 Å². The summed E-state index contributed by atoms with van der Waals surface area (Å²) in [6.07, 6.45) is 6.55. The van der Waals surface area contributed by atoms with Crippen LogP contribution in [0.2, 0.25) is 0 Å². The summed E-state index contributed by atoms with van der Waals surface area (Å²) in [5.74, 6) is 2.40. The lowest BCUT2D eigenvalue weighted by molar-refractivity contribution is -0.0137. The third-order valence-corrected chi connectivity index (χ3v) is 5.13. The Morgan fingerprint density at radius 2 is 1.68 bits per heavy atom. The van der Waals surface area contributed by atoms with Crippen molar-refractivity contribution in [2.75, 3.05) is 13.2 Å². The quantitative estimate of drug-likeness (QED) is 0.603. The lowest BCUT2D eigenvalue weighted by Gasteiger charge is -2.56. The zero-order chi connectivity index (χ0) is 13.5. The minimum atomic E-state index is -0.873. The van der Waals surface area contributed by atoms with Gasteiger partial charge in [-0.25, -0.2) is 4.79 Å². The molecule has 2 amide bonds. The van der Waals surface area contributed by atoms with Gasteiger partial charge < -0.3 is 20.8 Å². The van der Waals surface area contributed by atoms with E-state index in [1.807, 2.05) is 0 Å². The third kappa shape index (κ3) is 2.72. The summed E-state index contributed by atoms with van der Waals surface area (Å²) in [5.41, 5.74) is 0.00298. The topological polar surface area (TPSA) is 81.6 Å². The van der Waals surface area contributed by atoms with Gasteiger partial charge in [0.15, 0.2) is 0 Å². The molecule has 19 heavy (non-hydrogen) atoms. The van der Waals surface area contributed by atoms with Crippen LogP contribution >= 0.6 is 0 Å². The van der Waals surface area contributed by atoms with Crippen LogP contribution in [0.25, 0.3) is 0 Å². The van der Waals surface area contributed by atoms with Gasteiger partial charge >= 0.3 is 6.03 Å². The largest absolute Gasteiger partial charge is 0.394 e. The van der Waals surface area contributed by atoms with E-state index >= 15 is 0 Å². The summed E-state index contributed by atoms with van der Waals surface area (Å²) >= 11 is 0. The van der Waals surface area contributed by atoms with Gasteiger partial charge in [-0.15, -0.1) is 0 Å². The van der Waals surface area contributed by atoms with E-state index in [-0.39, 0.29) is 24.7 Å². The predicted molar refractivity (Wildman–Crippen MR) is 70.5 cm³/mol. The van der Waals surface area contributed by atoms with E-state index in [9.17, 15) is 9.90 Å². The third-order valence-electron chi connectivity index (χ3n) is 5.13. The van der Waals surface area contributed by atoms with E-state index in [1.54, 1.807) is 0 Å². The number of carbonyl (C=O) groups excluding carboxylic acids is 1. The molecule has 0 radical (unpaired) electrons. The average Bonchev–Trinajstić information content (AvgIpc) is 2.33. The van der Waals surface area contributed by atoms with Gasteiger partial charge in [0.2, 0.25) is 0 Å². The molecule has 1 atom stereocenters. The van der Waals surface area contributed by atoms with Crippen molar-refractivity contribution in [2.45, 2.75) is 50.2 Å². The second-order valence-corrected chi connectivity index (χ2v) is 6.87. The van der Waals surface area contributed by atoms with Gasteiger partial charge in [-0.05, 0) is 56.3 Å². The molecule has 1 unspecified atom stereocenters. The molecule has 108 valence electrons. The molecule has 0 aromatic heterocycles. The van der Waals surface area contributed by atoms with Gasteiger partial charge in [0.05, 0.1) is 12.7 Å². The summed E-state index contributed by atoms with van der Waals surface area (Å²) in [4.78, 5) is 11.9. The normalized spacial score (nSPS) is 41.1. The fourth-order valence-corrected chi connectivity index (χ4v) is 4.82. The SMILES string of the molecule is O=C(NCC(O)CO)NC12CC3CC(CC(C3)C1)C2. The number of rotatable bonds is 4. The molecule has 4 saturated carbocycles. The molecular formula is C14H24N2O3. The Bertz CT molecular complexity index is 323. The molecular weight excluding hydrogens is 244 g/mol. The molecule has 0 aromatic carbocycles. The Balaban J connectivity index is 1.56. The monoisotopic (exact) mass is 268 g/mol. The summed E-state index contributed by atoms with van der Waals surface area (Å²) < 4.78 is 0. The van der Waals surface area contributed by atoms with Crippen molar-refractivity contribution < 1.29 is 15.0 Å². The first kappa shape index (κ1) is 13.2. The fraction of sp³-hybridized carbons (Fsp3) is 0.929. The minimum absolute atomic E-state index is 0.00298.